The molecule has 2 aliphatic heterocycles. The third-order valence-electron chi connectivity index (χ3n) is 4.04. The maximum Gasteiger partial charge on any atom is 0.0659 e. The third kappa shape index (κ3) is 6.18. The molecule has 0 spiro atoms. The van der Waals surface area contributed by atoms with Gasteiger partial charge in [0, 0.05) is 41.5 Å². The van der Waals surface area contributed by atoms with Crippen molar-refractivity contribution in [2.75, 3.05) is 0 Å². The third-order valence-corrected chi connectivity index (χ3v) is 4.04. The van der Waals surface area contributed by atoms with E-state index >= 15 is 0 Å². The number of hydrogen-bond donors (Lipinski definition) is 2. The second-order valence-electron chi connectivity index (χ2n) is 5.91. The van der Waals surface area contributed by atoms with Crippen molar-refractivity contribution in [1.82, 2.24) is 19.9 Å². The summed E-state index contributed by atoms with van der Waals surface area (Å²) in [6.45, 7) is 0. The molecule has 148 valence electrons. The number of fused-ring (bicyclic) bond motifs is 8. The van der Waals surface area contributed by atoms with Gasteiger partial charge < -0.3 is 9.97 Å². The first-order valence-electron chi connectivity index (χ1n) is 7.85. The molecule has 8 bridgehead atoms. The minimum Gasteiger partial charge on any atom is -0.355 e. The Bertz CT molecular complexity index is 1090. The second-order valence-corrected chi connectivity index (χ2v) is 5.91. The van der Waals surface area contributed by atoms with Crippen LogP contribution in [0.5, 0.6) is 0 Å². The number of nitrogens with one attached hydrogen (secondary N) is 2. The van der Waals surface area contributed by atoms with Gasteiger partial charge in [0.25, 0.3) is 0 Å². The predicted octanol–water partition coefficient (Wildman–Crippen LogP) is 6.34. The Morgan fingerprint density at radius 1 is 0.448 bits per heavy atom. The van der Waals surface area contributed by atoms with Gasteiger partial charge in [0.15, 0.2) is 0 Å². The van der Waals surface area contributed by atoms with E-state index in [4.69, 9.17) is 0 Å². The van der Waals surface area contributed by atoms with E-state index in [-0.39, 0.29) is 69.1 Å². The normalized spacial score (nSPS) is 10.5. The van der Waals surface area contributed by atoms with Gasteiger partial charge in [0.05, 0.1) is 22.8 Å². The number of aromatic nitrogens is 4. The van der Waals surface area contributed by atoms with Crippen LogP contribution < -0.4 is 0 Å². The maximum atomic E-state index is 4.62. The Kier molecular flexibility index (Phi) is 10.9. The van der Waals surface area contributed by atoms with E-state index in [0.29, 0.717) is 0 Å². The predicted molar refractivity (Wildman–Crippen MR) is 128 cm³/mol. The molecule has 4 nitrogen and oxygen atoms in total. The van der Waals surface area contributed by atoms with Gasteiger partial charge in [-0.2, -0.15) is 0 Å². The quantitative estimate of drug-likeness (QED) is 0.234. The van der Waals surface area contributed by atoms with Crippen LogP contribution in [-0.4, -0.2) is 19.9 Å². The van der Waals surface area contributed by atoms with Crippen molar-refractivity contribution < 1.29 is 19.5 Å². The molecule has 0 amide bonds. The second kappa shape index (κ2) is 11.5. The molecule has 0 radical (unpaired) electrons. The van der Waals surface area contributed by atoms with Gasteiger partial charge in [-0.1, -0.05) is 0 Å². The molecule has 5 rings (SSSR count). The van der Waals surface area contributed by atoms with E-state index in [1.807, 2.05) is 42.5 Å². The summed E-state index contributed by atoms with van der Waals surface area (Å²) in [5.74, 6) is 0. The summed E-state index contributed by atoms with van der Waals surface area (Å²) < 4.78 is 0. The van der Waals surface area contributed by atoms with Crippen LogP contribution in [0, 0.1) is 0 Å². The summed E-state index contributed by atoms with van der Waals surface area (Å²) in [5, 5.41) is 0. The smallest absolute Gasteiger partial charge is 0.0659 e. The summed E-state index contributed by atoms with van der Waals surface area (Å²) >= 11 is 0. The topological polar surface area (TPSA) is 57.4 Å². The summed E-state index contributed by atoms with van der Waals surface area (Å²) in [7, 11) is 0. The van der Waals surface area contributed by atoms with Gasteiger partial charge in [0.1, 0.15) is 0 Å². The molecule has 0 atom stereocenters. The zero-order valence-corrected chi connectivity index (χ0v) is 21.4. The van der Waals surface area contributed by atoms with Crippen molar-refractivity contribution in [2.45, 2.75) is 0 Å². The molecule has 2 N–H and O–H groups in total. The molecule has 0 aliphatic carbocycles. The van der Waals surface area contributed by atoms with Gasteiger partial charge in [0.2, 0.25) is 0 Å². The fourth-order valence-electron chi connectivity index (χ4n) is 2.94. The van der Waals surface area contributed by atoms with E-state index in [0.717, 1.165) is 44.8 Å². The molecular weight excluding hydrogens is 503 g/mol. The Labute approximate surface area is 205 Å². The van der Waals surface area contributed by atoms with E-state index in [2.05, 4.69) is 50.3 Å². The number of halogens is 4. The zero-order valence-electron chi connectivity index (χ0n) is 15.2. The van der Waals surface area contributed by atoms with Crippen LogP contribution in [0.25, 0.3) is 46.4 Å². The molecule has 5 heterocycles. The van der Waals surface area contributed by atoms with Crippen molar-refractivity contribution in [3.8, 4) is 0 Å². The van der Waals surface area contributed by atoms with Crippen molar-refractivity contribution in [1.29, 1.82) is 0 Å². The van der Waals surface area contributed by atoms with Crippen LogP contribution >= 0.6 is 49.6 Å². The van der Waals surface area contributed by atoms with Crippen molar-refractivity contribution in [2.24, 2.45) is 0 Å². The molecule has 9 heteroatoms. The van der Waals surface area contributed by atoms with Gasteiger partial charge in [-0.05, 0) is 72.8 Å². The average Bonchev–Trinajstić information content (AvgIpc) is 3.32. The maximum absolute atomic E-state index is 4.62. The molecule has 0 fully saturated rings. The van der Waals surface area contributed by atoms with E-state index in [1.165, 1.54) is 0 Å². The van der Waals surface area contributed by atoms with Gasteiger partial charge >= 0.3 is 0 Å². The minimum atomic E-state index is 0. The number of hydrogen-bond acceptors (Lipinski definition) is 2. The van der Waals surface area contributed by atoms with E-state index < -0.39 is 0 Å². The molecule has 0 saturated carbocycles. The Balaban J connectivity index is 0.00000157. The Hall–Kier alpha value is -1.62. The number of H-pyrrole nitrogens is 2. The fraction of sp³-hybridized carbons (Fsp3) is 0. The van der Waals surface area contributed by atoms with Crippen molar-refractivity contribution in [3.05, 3.63) is 71.3 Å². The van der Waals surface area contributed by atoms with Crippen LogP contribution in [0.3, 0.4) is 0 Å². The number of aromatic amines is 2. The standard InChI is InChI=1S/C20H14N4.4ClH.Zn/c1-2-14-10-16-5-6-18(23-16)12-20-8-7-19(24-20)11-17-4-3-15(22-17)9-13(1)21-14;;;;;/h1-12,21-22H;4*1H;. The first kappa shape index (κ1) is 27.4. The van der Waals surface area contributed by atoms with Crippen LogP contribution in [0.2, 0.25) is 0 Å². The molecular formula is C20H18Cl4N4Zn. The zero-order chi connectivity index (χ0) is 15.9. The summed E-state index contributed by atoms with van der Waals surface area (Å²) in [6, 6.07) is 16.4. The minimum absolute atomic E-state index is 0. The van der Waals surface area contributed by atoms with Crippen LogP contribution in [0.1, 0.15) is 22.8 Å². The first-order chi connectivity index (χ1) is 11.8. The Morgan fingerprint density at radius 3 is 1.14 bits per heavy atom. The van der Waals surface area contributed by atoms with E-state index in [9.17, 15) is 0 Å². The largest absolute Gasteiger partial charge is 0.355 e. The molecule has 0 aromatic carbocycles. The van der Waals surface area contributed by atoms with Crippen molar-refractivity contribution >= 4 is 96.0 Å². The molecule has 0 unspecified atom stereocenters. The number of rotatable bonds is 0. The first-order valence-corrected chi connectivity index (χ1v) is 7.85. The SMILES string of the molecule is C1=Cc2cc3ccc(cc4ccc(cc5nc(cc1n2)C=C5)[nH]4)[nH]3.Cl.Cl.Cl.Cl.[Zn]. The van der Waals surface area contributed by atoms with Gasteiger partial charge in [-0.15, -0.1) is 49.6 Å². The van der Waals surface area contributed by atoms with Crippen LogP contribution in [0.15, 0.2) is 48.5 Å². The molecule has 29 heavy (non-hydrogen) atoms. The molecule has 3 aromatic rings. The molecule has 0 saturated heterocycles. The monoisotopic (exact) mass is 518 g/mol. The number of nitrogens with zero attached hydrogens (tertiary/aromatic N) is 2. The summed E-state index contributed by atoms with van der Waals surface area (Å²) in [5.41, 5.74) is 7.86. The average molecular weight is 522 g/mol. The molecule has 2 aliphatic rings. The van der Waals surface area contributed by atoms with E-state index in [1.54, 1.807) is 0 Å². The van der Waals surface area contributed by atoms with Crippen LogP contribution in [-0.2, 0) is 19.5 Å². The van der Waals surface area contributed by atoms with Crippen molar-refractivity contribution in [3.63, 3.8) is 0 Å². The Morgan fingerprint density at radius 2 is 0.759 bits per heavy atom. The summed E-state index contributed by atoms with van der Waals surface area (Å²) in [4.78, 5) is 16.0. The van der Waals surface area contributed by atoms with Gasteiger partial charge in [-0.25, -0.2) is 9.97 Å². The van der Waals surface area contributed by atoms with Crippen LogP contribution in [0.4, 0.5) is 0 Å². The van der Waals surface area contributed by atoms with Gasteiger partial charge in [-0.3, -0.25) is 0 Å². The summed E-state index contributed by atoms with van der Waals surface area (Å²) in [6.07, 6.45) is 8.05. The fourth-order valence-corrected chi connectivity index (χ4v) is 2.94. The molecule has 3 aromatic heterocycles.